The van der Waals surface area contributed by atoms with E-state index in [4.69, 9.17) is 11.7 Å². The molecule has 2 rings (SSSR count). The Balaban J connectivity index is 2.33. The predicted octanol–water partition coefficient (Wildman–Crippen LogP) is 3.00. The molecule has 0 bridgehead atoms. The molecule has 2 aromatic rings. The number of terminal acetylenes is 1. The lowest BCUT2D eigenvalue weighted by Crippen LogP contribution is -1.84. The molecule has 0 amide bonds. The lowest BCUT2D eigenvalue weighted by atomic mass is 10.1. The smallest absolute Gasteiger partial charge is 0.124 e. The Morgan fingerprint density at radius 1 is 1.16 bits per heavy atom. The van der Waals surface area contributed by atoms with Crippen LogP contribution in [0.3, 0.4) is 0 Å². The molecule has 0 atom stereocenters. The van der Waals surface area contributed by atoms with Gasteiger partial charge in [0.2, 0.25) is 0 Å². The van der Waals surface area contributed by atoms with Crippen molar-refractivity contribution in [1.29, 1.82) is 5.26 Å². The minimum absolute atomic E-state index is 0.0795. The van der Waals surface area contributed by atoms with Gasteiger partial charge in [-0.05, 0) is 36.4 Å². The minimum Gasteiger partial charge on any atom is -0.507 e. The van der Waals surface area contributed by atoms with Gasteiger partial charge in [-0.3, -0.25) is 4.99 Å². The van der Waals surface area contributed by atoms with Crippen molar-refractivity contribution >= 4 is 11.9 Å². The van der Waals surface area contributed by atoms with Crippen molar-refractivity contribution in [2.24, 2.45) is 4.99 Å². The minimum atomic E-state index is 0.0795. The lowest BCUT2D eigenvalue weighted by Gasteiger charge is -1.99. The van der Waals surface area contributed by atoms with Gasteiger partial charge in [0, 0.05) is 17.3 Å². The molecule has 0 aromatic heterocycles. The number of hydrogen-bond donors (Lipinski definition) is 1. The fourth-order valence-corrected chi connectivity index (χ4v) is 1.55. The molecule has 3 nitrogen and oxygen atoms in total. The van der Waals surface area contributed by atoms with Gasteiger partial charge in [0.1, 0.15) is 5.75 Å². The Labute approximate surface area is 111 Å². The summed E-state index contributed by atoms with van der Waals surface area (Å²) in [6.45, 7) is 0. The van der Waals surface area contributed by atoms with Crippen LogP contribution in [-0.2, 0) is 0 Å². The van der Waals surface area contributed by atoms with Crippen molar-refractivity contribution in [1.82, 2.24) is 0 Å². The second kappa shape index (κ2) is 5.53. The van der Waals surface area contributed by atoms with Crippen molar-refractivity contribution in [3.8, 4) is 24.2 Å². The van der Waals surface area contributed by atoms with E-state index in [0.29, 0.717) is 16.8 Å². The van der Waals surface area contributed by atoms with Gasteiger partial charge in [-0.15, -0.1) is 6.42 Å². The van der Waals surface area contributed by atoms with Crippen LogP contribution in [-0.4, -0.2) is 11.3 Å². The second-order valence-electron chi connectivity index (χ2n) is 3.84. The average Bonchev–Trinajstić information content (AvgIpc) is 2.46. The zero-order valence-electron chi connectivity index (χ0n) is 10.0. The molecular weight excluding hydrogens is 236 g/mol. The number of nitrogens with zero attached hydrogens (tertiary/aromatic N) is 2. The standard InChI is InChI=1S/C16H10N2O/c1-2-12-4-3-5-15(9-12)18-11-14-8-13(10-17)6-7-16(14)19/h1,3-9,11,19H/b18-11+. The molecule has 2 aromatic carbocycles. The van der Waals surface area contributed by atoms with E-state index in [1.54, 1.807) is 18.2 Å². The summed E-state index contributed by atoms with van der Waals surface area (Å²) in [5, 5.41) is 18.5. The number of rotatable bonds is 2. The first-order valence-corrected chi connectivity index (χ1v) is 5.57. The van der Waals surface area contributed by atoms with E-state index in [1.807, 2.05) is 24.3 Å². The first-order chi connectivity index (χ1) is 9.22. The summed E-state index contributed by atoms with van der Waals surface area (Å²) in [7, 11) is 0. The highest BCUT2D eigenvalue weighted by Crippen LogP contribution is 2.18. The third-order valence-electron chi connectivity index (χ3n) is 2.52. The summed E-state index contributed by atoms with van der Waals surface area (Å²) in [6.07, 6.45) is 6.82. The summed E-state index contributed by atoms with van der Waals surface area (Å²) >= 11 is 0. The van der Waals surface area contributed by atoms with Gasteiger partial charge in [-0.25, -0.2) is 0 Å². The lowest BCUT2D eigenvalue weighted by molar-refractivity contribution is 0.474. The molecule has 0 aliphatic heterocycles. The Bertz CT molecular complexity index is 718. The molecule has 0 unspecified atom stereocenters. The van der Waals surface area contributed by atoms with Crippen molar-refractivity contribution in [3.63, 3.8) is 0 Å². The summed E-state index contributed by atoms with van der Waals surface area (Å²) in [5.74, 6) is 2.61. The zero-order valence-corrected chi connectivity index (χ0v) is 10.0. The quantitative estimate of drug-likeness (QED) is 0.654. The summed E-state index contributed by atoms with van der Waals surface area (Å²) in [6, 6.07) is 13.8. The Hall–Kier alpha value is -3.04. The topological polar surface area (TPSA) is 56.4 Å². The third kappa shape index (κ3) is 3.00. The molecule has 0 spiro atoms. The van der Waals surface area contributed by atoms with Gasteiger partial charge >= 0.3 is 0 Å². The van der Waals surface area contributed by atoms with E-state index in [-0.39, 0.29) is 5.75 Å². The van der Waals surface area contributed by atoms with Crippen molar-refractivity contribution < 1.29 is 5.11 Å². The molecular formula is C16H10N2O. The van der Waals surface area contributed by atoms with Gasteiger partial charge < -0.3 is 5.11 Å². The highest BCUT2D eigenvalue weighted by molar-refractivity contribution is 5.85. The van der Waals surface area contributed by atoms with Gasteiger partial charge in [0.05, 0.1) is 17.3 Å². The van der Waals surface area contributed by atoms with Gasteiger partial charge in [-0.1, -0.05) is 12.0 Å². The number of benzene rings is 2. The highest BCUT2D eigenvalue weighted by Gasteiger charge is 2.00. The molecule has 1 N–H and O–H groups in total. The molecule has 0 saturated heterocycles. The Kier molecular flexibility index (Phi) is 3.61. The maximum absolute atomic E-state index is 9.68. The first-order valence-electron chi connectivity index (χ1n) is 5.57. The van der Waals surface area contributed by atoms with E-state index in [9.17, 15) is 5.11 Å². The van der Waals surface area contributed by atoms with Crippen LogP contribution in [0.4, 0.5) is 5.69 Å². The maximum atomic E-state index is 9.68. The monoisotopic (exact) mass is 246 g/mol. The molecule has 0 heterocycles. The maximum Gasteiger partial charge on any atom is 0.124 e. The Morgan fingerprint density at radius 3 is 2.74 bits per heavy atom. The Morgan fingerprint density at radius 2 is 2.00 bits per heavy atom. The van der Waals surface area contributed by atoms with Crippen LogP contribution in [0.1, 0.15) is 16.7 Å². The fraction of sp³-hybridized carbons (Fsp3) is 0. The van der Waals surface area contributed by atoms with E-state index < -0.39 is 0 Å². The number of aromatic hydroxyl groups is 1. The van der Waals surface area contributed by atoms with E-state index in [0.717, 1.165) is 5.56 Å². The fourth-order valence-electron chi connectivity index (χ4n) is 1.55. The molecule has 0 radical (unpaired) electrons. The number of hydrogen-bond acceptors (Lipinski definition) is 3. The molecule has 0 aliphatic rings. The average molecular weight is 246 g/mol. The van der Waals surface area contributed by atoms with Gasteiger partial charge in [-0.2, -0.15) is 5.26 Å². The molecule has 19 heavy (non-hydrogen) atoms. The van der Waals surface area contributed by atoms with Crippen molar-refractivity contribution in [3.05, 3.63) is 59.2 Å². The molecule has 0 fully saturated rings. The summed E-state index contributed by atoms with van der Waals surface area (Å²) in [4.78, 5) is 4.23. The van der Waals surface area contributed by atoms with Gasteiger partial charge in [0.15, 0.2) is 0 Å². The van der Waals surface area contributed by atoms with Crippen LogP contribution in [0.5, 0.6) is 5.75 Å². The van der Waals surface area contributed by atoms with Crippen LogP contribution in [0.2, 0.25) is 0 Å². The van der Waals surface area contributed by atoms with Crippen LogP contribution in [0, 0.1) is 23.7 Å². The highest BCUT2D eigenvalue weighted by atomic mass is 16.3. The van der Waals surface area contributed by atoms with E-state index >= 15 is 0 Å². The second-order valence-corrected chi connectivity index (χ2v) is 3.84. The van der Waals surface area contributed by atoms with Crippen LogP contribution in [0.15, 0.2) is 47.5 Å². The van der Waals surface area contributed by atoms with E-state index in [2.05, 4.69) is 10.9 Å². The molecule has 3 heteroatoms. The first kappa shape index (κ1) is 12.4. The number of phenolic OH excluding ortho intramolecular Hbond substituents is 1. The normalized spacial score (nSPS) is 10.0. The van der Waals surface area contributed by atoms with Crippen molar-refractivity contribution in [2.45, 2.75) is 0 Å². The number of aliphatic imine (C=N–C) groups is 1. The van der Waals surface area contributed by atoms with Crippen molar-refractivity contribution in [2.75, 3.05) is 0 Å². The molecule has 0 aliphatic carbocycles. The SMILES string of the molecule is C#Cc1cccc(/N=C/c2cc(C#N)ccc2O)c1. The third-order valence-corrected chi connectivity index (χ3v) is 2.52. The van der Waals surface area contributed by atoms with E-state index in [1.165, 1.54) is 12.3 Å². The van der Waals surface area contributed by atoms with Gasteiger partial charge in [0.25, 0.3) is 0 Å². The molecule has 90 valence electrons. The zero-order chi connectivity index (χ0) is 13.7. The largest absolute Gasteiger partial charge is 0.507 e. The summed E-state index contributed by atoms with van der Waals surface area (Å²) in [5.41, 5.74) is 2.39. The number of nitriles is 1. The summed E-state index contributed by atoms with van der Waals surface area (Å²) < 4.78 is 0. The predicted molar refractivity (Wildman–Crippen MR) is 74.5 cm³/mol. The van der Waals surface area contributed by atoms with Crippen LogP contribution >= 0.6 is 0 Å². The number of phenols is 1. The molecule has 0 saturated carbocycles. The van der Waals surface area contributed by atoms with Crippen LogP contribution in [0.25, 0.3) is 0 Å². The van der Waals surface area contributed by atoms with Crippen LogP contribution < -0.4 is 0 Å².